The van der Waals surface area contributed by atoms with Crippen LogP contribution in [0.1, 0.15) is 33.2 Å². The Hall–Kier alpha value is -3.19. The number of methoxy groups -OCH3 is 1. The third kappa shape index (κ3) is 2.93. The number of ether oxygens (including phenoxy) is 1. The van der Waals surface area contributed by atoms with Gasteiger partial charge in [-0.15, -0.1) is 0 Å². The highest BCUT2D eigenvalue weighted by Gasteiger charge is 2.42. The van der Waals surface area contributed by atoms with Crippen molar-refractivity contribution in [1.82, 2.24) is 15.1 Å². The van der Waals surface area contributed by atoms with Gasteiger partial charge in [-0.3, -0.25) is 9.89 Å². The number of halogens is 1. The Bertz CT molecular complexity index is 1030. The van der Waals surface area contributed by atoms with Gasteiger partial charge in [0.1, 0.15) is 23.0 Å². The Kier molecular flexibility index (Phi) is 4.60. The second-order valence-electron chi connectivity index (χ2n) is 6.83. The topological polar surface area (TPSA) is 78.5 Å². The SMILES string of the molecule is COCCN1C(=O)c2[nH]nc(-c3cc(C)ccc3O)c2[C@H]1c1ccc(F)cc1. The fraction of sp³-hybridized carbons (Fsp3) is 0.238. The lowest BCUT2D eigenvalue weighted by Gasteiger charge is -2.26. The standard InChI is InChI=1S/C21H20FN3O3/c1-12-3-8-16(26)15(11-12)18-17-19(24-23-18)21(27)25(9-10-28-2)20(17)13-4-6-14(22)7-5-13/h3-8,11,20,26H,9-10H2,1-2H3,(H,23,24)/t20-/m1/s1. The molecule has 0 saturated carbocycles. The molecule has 1 amide bonds. The number of aromatic nitrogens is 2. The zero-order chi connectivity index (χ0) is 19.8. The molecule has 2 aromatic carbocycles. The van der Waals surface area contributed by atoms with Crippen molar-refractivity contribution in [2.45, 2.75) is 13.0 Å². The van der Waals surface area contributed by atoms with Crippen molar-refractivity contribution < 1.29 is 19.0 Å². The van der Waals surface area contributed by atoms with Crippen LogP contribution in [-0.4, -0.2) is 46.4 Å². The first-order valence-corrected chi connectivity index (χ1v) is 8.95. The van der Waals surface area contributed by atoms with Crippen molar-refractivity contribution in [2.75, 3.05) is 20.3 Å². The normalized spacial score (nSPS) is 15.9. The van der Waals surface area contributed by atoms with Crippen LogP contribution in [0, 0.1) is 12.7 Å². The predicted molar refractivity (Wildman–Crippen MR) is 102 cm³/mol. The van der Waals surface area contributed by atoms with E-state index in [9.17, 15) is 14.3 Å². The van der Waals surface area contributed by atoms with Crippen molar-refractivity contribution in [3.63, 3.8) is 0 Å². The van der Waals surface area contributed by atoms with E-state index in [1.807, 2.05) is 13.0 Å². The van der Waals surface area contributed by atoms with Crippen LogP contribution in [0.4, 0.5) is 4.39 Å². The first-order valence-electron chi connectivity index (χ1n) is 8.95. The van der Waals surface area contributed by atoms with Gasteiger partial charge in [0.05, 0.1) is 12.6 Å². The number of rotatable bonds is 5. The van der Waals surface area contributed by atoms with Crippen molar-refractivity contribution in [1.29, 1.82) is 0 Å². The third-order valence-corrected chi connectivity index (χ3v) is 4.99. The molecule has 0 radical (unpaired) electrons. The van der Waals surface area contributed by atoms with Gasteiger partial charge in [-0.05, 0) is 36.8 Å². The summed E-state index contributed by atoms with van der Waals surface area (Å²) in [4.78, 5) is 14.7. The van der Waals surface area contributed by atoms with Gasteiger partial charge in [0, 0.05) is 24.8 Å². The molecule has 4 rings (SSSR count). The van der Waals surface area contributed by atoms with Gasteiger partial charge in [-0.2, -0.15) is 5.10 Å². The molecule has 1 aromatic heterocycles. The van der Waals surface area contributed by atoms with E-state index in [4.69, 9.17) is 4.74 Å². The average Bonchev–Trinajstić information content (AvgIpc) is 3.22. The summed E-state index contributed by atoms with van der Waals surface area (Å²) >= 11 is 0. The largest absolute Gasteiger partial charge is 0.507 e. The Labute approximate surface area is 161 Å². The number of amides is 1. The van der Waals surface area contributed by atoms with E-state index in [1.165, 1.54) is 12.1 Å². The van der Waals surface area contributed by atoms with Crippen LogP contribution in [-0.2, 0) is 4.74 Å². The number of aryl methyl sites for hydroxylation is 1. The molecule has 1 aliphatic rings. The first kappa shape index (κ1) is 18.2. The van der Waals surface area contributed by atoms with E-state index in [2.05, 4.69) is 10.2 Å². The number of nitrogens with one attached hydrogen (secondary N) is 1. The molecule has 0 fully saturated rings. The van der Waals surface area contributed by atoms with Crippen LogP contribution >= 0.6 is 0 Å². The van der Waals surface area contributed by atoms with Gasteiger partial charge < -0.3 is 14.7 Å². The lowest BCUT2D eigenvalue weighted by Crippen LogP contribution is -2.32. The van der Waals surface area contributed by atoms with Crippen molar-refractivity contribution in [3.8, 4) is 17.0 Å². The van der Waals surface area contributed by atoms with Gasteiger partial charge in [-0.1, -0.05) is 23.8 Å². The van der Waals surface area contributed by atoms with Crippen LogP contribution < -0.4 is 0 Å². The van der Waals surface area contributed by atoms with Gasteiger partial charge in [0.15, 0.2) is 0 Å². The maximum Gasteiger partial charge on any atom is 0.273 e. The van der Waals surface area contributed by atoms with E-state index in [0.29, 0.717) is 35.7 Å². The molecule has 3 aromatic rings. The number of aromatic hydroxyl groups is 1. The van der Waals surface area contributed by atoms with E-state index in [-0.39, 0.29) is 17.5 Å². The number of aromatic amines is 1. The van der Waals surface area contributed by atoms with Gasteiger partial charge in [0.2, 0.25) is 0 Å². The molecule has 1 atom stereocenters. The van der Waals surface area contributed by atoms with Gasteiger partial charge >= 0.3 is 0 Å². The van der Waals surface area contributed by atoms with Crippen LogP contribution in [0.25, 0.3) is 11.3 Å². The molecule has 0 aliphatic carbocycles. The second-order valence-corrected chi connectivity index (χ2v) is 6.83. The number of phenolic OH excluding ortho intramolecular Hbond substituents is 1. The Morgan fingerprint density at radius 3 is 2.71 bits per heavy atom. The Morgan fingerprint density at radius 2 is 2.00 bits per heavy atom. The highest BCUT2D eigenvalue weighted by molar-refractivity contribution is 6.00. The van der Waals surface area contributed by atoms with Crippen molar-refractivity contribution in [2.24, 2.45) is 0 Å². The number of fused-ring (bicyclic) bond motifs is 1. The molecular formula is C21H20FN3O3. The van der Waals surface area contributed by atoms with E-state index in [0.717, 1.165) is 11.1 Å². The molecule has 28 heavy (non-hydrogen) atoms. The third-order valence-electron chi connectivity index (χ3n) is 4.99. The summed E-state index contributed by atoms with van der Waals surface area (Å²) in [6, 6.07) is 10.9. The molecule has 2 N–H and O–H groups in total. The highest BCUT2D eigenvalue weighted by atomic mass is 19.1. The smallest absolute Gasteiger partial charge is 0.273 e. The number of benzene rings is 2. The number of hydrogen-bond donors (Lipinski definition) is 2. The predicted octanol–water partition coefficient (Wildman–Crippen LogP) is 3.42. The lowest BCUT2D eigenvalue weighted by molar-refractivity contribution is 0.0677. The minimum atomic E-state index is -0.452. The fourth-order valence-corrected chi connectivity index (χ4v) is 3.65. The number of nitrogens with zero attached hydrogens (tertiary/aromatic N) is 2. The molecule has 0 bridgehead atoms. The maximum absolute atomic E-state index is 13.5. The molecule has 7 heteroatoms. The molecule has 0 spiro atoms. The zero-order valence-electron chi connectivity index (χ0n) is 15.6. The number of carbonyl (C=O) groups excluding carboxylic acids is 1. The van der Waals surface area contributed by atoms with Gasteiger partial charge in [0.25, 0.3) is 5.91 Å². The van der Waals surface area contributed by atoms with Crippen LogP contribution in [0.15, 0.2) is 42.5 Å². The number of phenols is 1. The zero-order valence-corrected chi connectivity index (χ0v) is 15.6. The van der Waals surface area contributed by atoms with E-state index >= 15 is 0 Å². The van der Waals surface area contributed by atoms with E-state index in [1.54, 1.807) is 36.3 Å². The van der Waals surface area contributed by atoms with Crippen LogP contribution in [0.2, 0.25) is 0 Å². The monoisotopic (exact) mass is 381 g/mol. The second kappa shape index (κ2) is 7.09. The minimum Gasteiger partial charge on any atom is -0.507 e. The molecule has 2 heterocycles. The van der Waals surface area contributed by atoms with Crippen LogP contribution in [0.5, 0.6) is 5.75 Å². The first-order chi connectivity index (χ1) is 13.5. The summed E-state index contributed by atoms with van der Waals surface area (Å²) < 4.78 is 18.6. The summed E-state index contributed by atoms with van der Waals surface area (Å²) in [5, 5.41) is 17.5. The van der Waals surface area contributed by atoms with Gasteiger partial charge in [-0.25, -0.2) is 4.39 Å². The van der Waals surface area contributed by atoms with Crippen molar-refractivity contribution in [3.05, 3.63) is 70.7 Å². The molecule has 1 aliphatic heterocycles. The fourth-order valence-electron chi connectivity index (χ4n) is 3.65. The number of hydrogen-bond acceptors (Lipinski definition) is 4. The summed E-state index contributed by atoms with van der Waals surface area (Å²) in [6.45, 7) is 2.66. The average molecular weight is 381 g/mol. The molecule has 6 nitrogen and oxygen atoms in total. The summed E-state index contributed by atoms with van der Waals surface area (Å²) in [7, 11) is 1.57. The number of carbonyl (C=O) groups is 1. The summed E-state index contributed by atoms with van der Waals surface area (Å²) in [5.41, 5.74) is 3.84. The van der Waals surface area contributed by atoms with Crippen molar-refractivity contribution >= 4 is 5.91 Å². The molecular weight excluding hydrogens is 361 g/mol. The lowest BCUT2D eigenvalue weighted by atomic mass is 9.95. The Balaban J connectivity index is 1.89. The maximum atomic E-state index is 13.5. The Morgan fingerprint density at radius 1 is 1.25 bits per heavy atom. The molecule has 0 saturated heterocycles. The highest BCUT2D eigenvalue weighted by Crippen LogP contribution is 2.44. The number of H-pyrrole nitrogens is 1. The quantitative estimate of drug-likeness (QED) is 0.710. The van der Waals surface area contributed by atoms with Crippen LogP contribution in [0.3, 0.4) is 0 Å². The summed E-state index contributed by atoms with van der Waals surface area (Å²) in [5.74, 6) is -0.465. The summed E-state index contributed by atoms with van der Waals surface area (Å²) in [6.07, 6.45) is 0. The molecule has 0 unspecified atom stereocenters. The van der Waals surface area contributed by atoms with E-state index < -0.39 is 6.04 Å². The minimum absolute atomic E-state index is 0.0838. The molecule has 144 valence electrons.